The van der Waals surface area contributed by atoms with Crippen molar-refractivity contribution in [2.24, 2.45) is 0 Å². The number of aromatic amines is 1. The Hall–Kier alpha value is -4.00. The molecule has 7 heteroatoms. The van der Waals surface area contributed by atoms with Gasteiger partial charge in [0.2, 0.25) is 0 Å². The van der Waals surface area contributed by atoms with E-state index in [1.54, 1.807) is 10.8 Å². The molecule has 0 aliphatic heterocycles. The predicted molar refractivity (Wildman–Crippen MR) is 135 cm³/mol. The molecule has 0 saturated heterocycles. The van der Waals surface area contributed by atoms with Crippen molar-refractivity contribution in [3.63, 3.8) is 0 Å². The van der Waals surface area contributed by atoms with Gasteiger partial charge in [-0.2, -0.15) is 5.10 Å². The molecule has 5 aromatic rings. The Balaban J connectivity index is 1.56. The summed E-state index contributed by atoms with van der Waals surface area (Å²) in [5.41, 5.74) is 7.26. The van der Waals surface area contributed by atoms with Crippen molar-refractivity contribution < 1.29 is 0 Å². The molecule has 1 atom stereocenters. The number of fused-ring (bicyclic) bond motifs is 1. The van der Waals surface area contributed by atoms with Gasteiger partial charge in [0.05, 0.1) is 23.6 Å². The van der Waals surface area contributed by atoms with Gasteiger partial charge in [-0.15, -0.1) is 0 Å². The van der Waals surface area contributed by atoms with E-state index in [2.05, 4.69) is 41.0 Å². The second-order valence-corrected chi connectivity index (χ2v) is 9.08. The summed E-state index contributed by atoms with van der Waals surface area (Å²) >= 11 is 0. The lowest BCUT2D eigenvalue weighted by atomic mass is 9.97. The van der Waals surface area contributed by atoms with Crippen molar-refractivity contribution in [1.82, 2.24) is 29.3 Å². The van der Waals surface area contributed by atoms with Gasteiger partial charge in [0.25, 0.3) is 0 Å². The monoisotopic (exact) mass is 452 g/mol. The number of aromatic nitrogens is 6. The van der Waals surface area contributed by atoms with Crippen LogP contribution in [0, 0.1) is 13.8 Å². The lowest BCUT2D eigenvalue weighted by Crippen LogP contribution is -2.21. The molecule has 0 aliphatic rings. The van der Waals surface area contributed by atoms with Gasteiger partial charge < -0.3 is 4.98 Å². The van der Waals surface area contributed by atoms with Crippen molar-refractivity contribution in [2.45, 2.75) is 46.6 Å². The van der Waals surface area contributed by atoms with Crippen LogP contribution in [0.25, 0.3) is 28.2 Å². The van der Waals surface area contributed by atoms with Gasteiger partial charge in [0.1, 0.15) is 5.52 Å². The fourth-order valence-corrected chi connectivity index (χ4v) is 4.54. The van der Waals surface area contributed by atoms with Gasteiger partial charge in [0, 0.05) is 11.3 Å². The third-order valence-electron chi connectivity index (χ3n) is 6.30. The van der Waals surface area contributed by atoms with E-state index < -0.39 is 0 Å². The van der Waals surface area contributed by atoms with E-state index in [9.17, 15) is 4.79 Å². The molecule has 0 fully saturated rings. The summed E-state index contributed by atoms with van der Waals surface area (Å²) < 4.78 is 3.63. The zero-order valence-corrected chi connectivity index (χ0v) is 20.1. The summed E-state index contributed by atoms with van der Waals surface area (Å²) in [4.78, 5) is 25.2. The van der Waals surface area contributed by atoms with E-state index in [4.69, 9.17) is 4.98 Å². The van der Waals surface area contributed by atoms with Crippen molar-refractivity contribution in [3.05, 3.63) is 93.8 Å². The van der Waals surface area contributed by atoms with Crippen LogP contribution in [0.15, 0.2) is 65.6 Å². The average molecular weight is 453 g/mol. The van der Waals surface area contributed by atoms with E-state index in [1.165, 1.54) is 5.56 Å². The Morgan fingerprint density at radius 3 is 2.38 bits per heavy atom. The largest absolute Gasteiger partial charge is 0.328 e. The van der Waals surface area contributed by atoms with Crippen LogP contribution < -0.4 is 5.69 Å². The standard InChI is InChI=1S/C27H28N6O/c1-16(2)22-8-6-7-9-23(22)25-28-15-24-26(30-25)32(27(34)29-24)19(5)20-10-12-21(13-11-20)33-18(4)14-17(3)31-33/h6-16,19H,1-5H3,(H,29,34)/t19-/m0/s1. The highest BCUT2D eigenvalue weighted by atomic mass is 16.1. The highest BCUT2D eigenvalue weighted by molar-refractivity contribution is 5.74. The number of H-pyrrole nitrogens is 1. The Morgan fingerprint density at radius 2 is 1.71 bits per heavy atom. The molecule has 172 valence electrons. The highest BCUT2D eigenvalue weighted by Gasteiger charge is 2.19. The molecule has 0 spiro atoms. The molecule has 0 aliphatic carbocycles. The van der Waals surface area contributed by atoms with E-state index in [-0.39, 0.29) is 11.7 Å². The minimum atomic E-state index is -0.209. The van der Waals surface area contributed by atoms with Crippen LogP contribution in [-0.2, 0) is 0 Å². The summed E-state index contributed by atoms with van der Waals surface area (Å²) in [7, 11) is 0. The lowest BCUT2D eigenvalue weighted by Gasteiger charge is -2.15. The SMILES string of the molecule is Cc1cc(C)n(-c2ccc([C@H](C)n3c(=O)[nH]c4cnc(-c5ccccc5C(C)C)nc43)cc2)n1. The second-order valence-electron chi connectivity index (χ2n) is 9.08. The number of nitrogens with zero attached hydrogens (tertiary/aromatic N) is 5. The van der Waals surface area contributed by atoms with Crippen LogP contribution in [-0.4, -0.2) is 29.3 Å². The molecule has 0 radical (unpaired) electrons. The first kappa shape index (κ1) is 21.8. The number of rotatable bonds is 5. The minimum Gasteiger partial charge on any atom is -0.303 e. The summed E-state index contributed by atoms with van der Waals surface area (Å²) in [5, 5.41) is 4.56. The molecule has 0 saturated carbocycles. The molecule has 1 N–H and O–H groups in total. The van der Waals surface area contributed by atoms with E-state index in [0.717, 1.165) is 28.2 Å². The van der Waals surface area contributed by atoms with Gasteiger partial charge in [-0.3, -0.25) is 4.57 Å². The number of hydrogen-bond acceptors (Lipinski definition) is 4. The van der Waals surface area contributed by atoms with Crippen LogP contribution in [0.5, 0.6) is 0 Å². The van der Waals surface area contributed by atoms with Gasteiger partial charge in [-0.25, -0.2) is 19.4 Å². The molecule has 0 bridgehead atoms. The van der Waals surface area contributed by atoms with Crippen LogP contribution in [0.2, 0.25) is 0 Å². The van der Waals surface area contributed by atoms with Crippen LogP contribution in [0.3, 0.4) is 0 Å². The van der Waals surface area contributed by atoms with Gasteiger partial charge in [-0.1, -0.05) is 50.2 Å². The summed E-state index contributed by atoms with van der Waals surface area (Å²) in [5.74, 6) is 0.959. The van der Waals surface area contributed by atoms with Gasteiger partial charge in [0.15, 0.2) is 11.5 Å². The molecule has 0 amide bonds. The number of imidazole rings is 1. The third-order valence-corrected chi connectivity index (χ3v) is 6.30. The Bertz CT molecular complexity index is 1540. The fourth-order valence-electron chi connectivity index (χ4n) is 4.54. The Labute approximate surface area is 198 Å². The molecule has 3 heterocycles. The van der Waals surface area contributed by atoms with Gasteiger partial charge >= 0.3 is 5.69 Å². The summed E-state index contributed by atoms with van der Waals surface area (Å²) in [6.45, 7) is 10.3. The quantitative estimate of drug-likeness (QED) is 0.391. The number of hydrogen-bond donors (Lipinski definition) is 1. The first-order valence-electron chi connectivity index (χ1n) is 11.5. The first-order chi connectivity index (χ1) is 16.3. The summed E-state index contributed by atoms with van der Waals surface area (Å²) in [6, 6.07) is 18.1. The zero-order valence-electron chi connectivity index (χ0n) is 20.1. The van der Waals surface area contributed by atoms with Crippen molar-refractivity contribution >= 4 is 11.2 Å². The Kier molecular flexibility index (Phi) is 5.40. The number of aryl methyl sites for hydroxylation is 2. The maximum absolute atomic E-state index is 12.9. The summed E-state index contributed by atoms with van der Waals surface area (Å²) in [6.07, 6.45) is 1.70. The number of benzene rings is 2. The zero-order chi connectivity index (χ0) is 24.0. The van der Waals surface area contributed by atoms with E-state index >= 15 is 0 Å². The van der Waals surface area contributed by atoms with Crippen molar-refractivity contribution in [1.29, 1.82) is 0 Å². The van der Waals surface area contributed by atoms with Crippen molar-refractivity contribution in [3.8, 4) is 17.1 Å². The molecular weight excluding hydrogens is 424 g/mol. The van der Waals surface area contributed by atoms with E-state index in [0.29, 0.717) is 22.9 Å². The fraction of sp³-hybridized carbons (Fsp3) is 0.259. The van der Waals surface area contributed by atoms with Crippen molar-refractivity contribution in [2.75, 3.05) is 0 Å². The Morgan fingerprint density at radius 1 is 0.971 bits per heavy atom. The van der Waals surface area contributed by atoms with Crippen LogP contribution in [0.1, 0.15) is 55.2 Å². The average Bonchev–Trinajstić information content (AvgIpc) is 3.35. The van der Waals surface area contributed by atoms with Gasteiger partial charge in [-0.05, 0) is 56.0 Å². The number of nitrogens with one attached hydrogen (secondary N) is 1. The highest BCUT2D eigenvalue weighted by Crippen LogP contribution is 2.28. The second kappa shape index (κ2) is 8.41. The van der Waals surface area contributed by atoms with Crippen LogP contribution in [0.4, 0.5) is 0 Å². The molecule has 7 nitrogen and oxygen atoms in total. The molecular formula is C27H28N6O. The van der Waals surface area contributed by atoms with E-state index in [1.807, 2.05) is 67.9 Å². The molecule has 0 unspecified atom stereocenters. The maximum atomic E-state index is 12.9. The minimum absolute atomic E-state index is 0.200. The normalized spacial score (nSPS) is 12.5. The first-order valence-corrected chi connectivity index (χ1v) is 11.5. The maximum Gasteiger partial charge on any atom is 0.328 e. The third kappa shape index (κ3) is 3.73. The molecule has 5 rings (SSSR count). The smallest absolute Gasteiger partial charge is 0.303 e. The molecule has 3 aromatic heterocycles. The topological polar surface area (TPSA) is 81.4 Å². The predicted octanol–water partition coefficient (Wildman–Crippen LogP) is 5.32. The lowest BCUT2D eigenvalue weighted by molar-refractivity contribution is 0.630. The molecule has 2 aromatic carbocycles. The molecule has 34 heavy (non-hydrogen) atoms. The van der Waals surface area contributed by atoms with Crippen LogP contribution >= 0.6 is 0 Å².